The van der Waals surface area contributed by atoms with Crippen molar-refractivity contribution in [2.75, 3.05) is 33.7 Å². The molecule has 0 unspecified atom stereocenters. The first-order valence-corrected chi connectivity index (χ1v) is 23.3. The van der Waals surface area contributed by atoms with Gasteiger partial charge in [-0.05, 0) is 86.5 Å². The monoisotopic (exact) mass is 923 g/mol. The van der Waals surface area contributed by atoms with Crippen LogP contribution in [0.5, 0.6) is 0 Å². The summed E-state index contributed by atoms with van der Waals surface area (Å²) in [5.74, 6) is -4.29. The Morgan fingerprint density at radius 3 is 2.21 bits per heavy atom. The second-order valence-corrected chi connectivity index (χ2v) is 18.4. The largest absolute Gasteiger partial charge is 0.458 e. The standard InChI is InChI=1S/C49H74N6O11/c1-13-38-49(10,61-29-56)42(50)32(6)40(57)30(4)28-48(9,66-46(59)53-23-16-18-35-19-21-36(22-20-35)44-51-24-17-25-52-44)43(64-39-27-37(54(11)12)26-31(5)62-39)33(7)41(34(8)45(58)63-38)65-47(60)55(14-2)15-3/h16-22,24-25,29-34,37-39,41-43H,13-15,23,26-28,50H2,1-12H3,(H,53,59)/b18-16+/t30-,31-,32+,33+,34-,37+,38-,39+,41+,42-,43-,48-,49-/m1/s1. The molecule has 3 heterocycles. The number of hydrogen-bond donors (Lipinski definition) is 2. The molecule has 3 N–H and O–H groups in total. The number of aromatic nitrogens is 2. The van der Waals surface area contributed by atoms with E-state index in [1.54, 1.807) is 66.1 Å². The van der Waals surface area contributed by atoms with Crippen LogP contribution in [-0.2, 0) is 42.8 Å². The van der Waals surface area contributed by atoms with E-state index in [2.05, 4.69) is 20.2 Å². The molecule has 17 nitrogen and oxygen atoms in total. The van der Waals surface area contributed by atoms with Crippen LogP contribution in [0.1, 0.15) is 100 Å². The predicted octanol–water partition coefficient (Wildman–Crippen LogP) is 6.43. The van der Waals surface area contributed by atoms with Crippen LogP contribution in [0.15, 0.2) is 48.8 Å². The number of nitrogens with one attached hydrogen (secondary N) is 1. The van der Waals surface area contributed by atoms with E-state index in [4.69, 9.17) is 34.2 Å². The summed E-state index contributed by atoms with van der Waals surface area (Å²) in [6, 6.07) is 8.33. The molecule has 13 atom stereocenters. The highest BCUT2D eigenvalue weighted by atomic mass is 16.7. The molecule has 66 heavy (non-hydrogen) atoms. The third kappa shape index (κ3) is 13.3. The quantitative estimate of drug-likeness (QED) is 0.119. The number of benzene rings is 1. The Labute approximate surface area is 390 Å². The molecule has 1 aromatic carbocycles. The first-order valence-electron chi connectivity index (χ1n) is 23.3. The van der Waals surface area contributed by atoms with Gasteiger partial charge in [0.15, 0.2) is 17.7 Å². The fourth-order valence-electron chi connectivity index (χ4n) is 9.36. The van der Waals surface area contributed by atoms with Crippen molar-refractivity contribution in [1.82, 2.24) is 25.1 Å². The molecule has 2 aliphatic rings. The molecule has 4 rings (SSSR count). The third-order valence-corrected chi connectivity index (χ3v) is 13.4. The van der Waals surface area contributed by atoms with Crippen molar-refractivity contribution in [2.24, 2.45) is 29.4 Å². The third-order valence-electron chi connectivity index (χ3n) is 13.4. The zero-order valence-corrected chi connectivity index (χ0v) is 40.9. The molecule has 366 valence electrons. The molecule has 0 radical (unpaired) electrons. The van der Waals surface area contributed by atoms with Crippen molar-refractivity contribution in [1.29, 1.82) is 0 Å². The van der Waals surface area contributed by atoms with E-state index >= 15 is 0 Å². The Morgan fingerprint density at radius 1 is 0.970 bits per heavy atom. The predicted molar refractivity (Wildman–Crippen MR) is 248 cm³/mol. The summed E-state index contributed by atoms with van der Waals surface area (Å²) >= 11 is 0. The fourth-order valence-corrected chi connectivity index (χ4v) is 9.36. The number of esters is 1. The zero-order chi connectivity index (χ0) is 48.9. The summed E-state index contributed by atoms with van der Waals surface area (Å²) in [5, 5.41) is 2.82. The lowest BCUT2D eigenvalue weighted by molar-refractivity contribution is -0.266. The van der Waals surface area contributed by atoms with Crippen molar-refractivity contribution in [2.45, 2.75) is 149 Å². The molecule has 17 heteroatoms. The van der Waals surface area contributed by atoms with Crippen molar-refractivity contribution in [3.8, 4) is 11.4 Å². The Balaban J connectivity index is 1.81. The number of ketones is 1. The molecule has 0 spiro atoms. The number of hydrogen-bond acceptors (Lipinski definition) is 15. The molecule has 0 saturated carbocycles. The average molecular weight is 923 g/mol. The smallest absolute Gasteiger partial charge is 0.410 e. The van der Waals surface area contributed by atoms with Crippen LogP contribution in [-0.4, -0.2) is 138 Å². The summed E-state index contributed by atoms with van der Waals surface area (Å²) in [6.07, 6.45) is 2.25. The number of carbonyl (C=O) groups is 5. The van der Waals surface area contributed by atoms with E-state index in [-0.39, 0.29) is 43.8 Å². The summed E-state index contributed by atoms with van der Waals surface area (Å²) in [5.41, 5.74) is 5.28. The Kier molecular flexibility index (Phi) is 19.6. The average Bonchev–Trinajstić information content (AvgIpc) is 3.29. The maximum absolute atomic E-state index is 14.6. The number of amides is 2. The van der Waals surface area contributed by atoms with Crippen molar-refractivity contribution in [3.05, 3.63) is 54.4 Å². The lowest BCUT2D eigenvalue weighted by Gasteiger charge is -2.47. The summed E-state index contributed by atoms with van der Waals surface area (Å²) < 4.78 is 38.0. The van der Waals surface area contributed by atoms with Crippen molar-refractivity contribution < 1.29 is 52.4 Å². The van der Waals surface area contributed by atoms with E-state index in [1.165, 1.54) is 11.8 Å². The van der Waals surface area contributed by atoms with Gasteiger partial charge in [-0.1, -0.05) is 64.1 Å². The maximum atomic E-state index is 14.6. The molecule has 0 bridgehead atoms. The van der Waals surface area contributed by atoms with Gasteiger partial charge < -0.3 is 49.3 Å². The molecule has 2 aromatic rings. The van der Waals surface area contributed by atoms with E-state index < -0.39 is 83.7 Å². The molecule has 1 aromatic heterocycles. The first kappa shape index (κ1) is 53.6. The van der Waals surface area contributed by atoms with E-state index in [0.717, 1.165) is 17.5 Å². The Hall–Kier alpha value is -4.97. The lowest BCUT2D eigenvalue weighted by Crippen LogP contribution is -2.62. The van der Waals surface area contributed by atoms with Crippen LogP contribution >= 0.6 is 0 Å². The van der Waals surface area contributed by atoms with Gasteiger partial charge in [0.2, 0.25) is 0 Å². The van der Waals surface area contributed by atoms with E-state index in [9.17, 15) is 24.0 Å². The molecular formula is C49H74N6O11. The lowest BCUT2D eigenvalue weighted by atomic mass is 9.73. The van der Waals surface area contributed by atoms with Crippen LogP contribution in [0.2, 0.25) is 0 Å². The highest BCUT2D eigenvalue weighted by Crippen LogP contribution is 2.41. The van der Waals surface area contributed by atoms with Gasteiger partial charge in [0, 0.05) is 67.8 Å². The van der Waals surface area contributed by atoms with Crippen molar-refractivity contribution >= 4 is 36.5 Å². The van der Waals surface area contributed by atoms with Gasteiger partial charge in [0.05, 0.1) is 18.1 Å². The minimum Gasteiger partial charge on any atom is -0.458 e. The topological polar surface area (TPSA) is 211 Å². The van der Waals surface area contributed by atoms with E-state index in [1.807, 2.05) is 65.2 Å². The van der Waals surface area contributed by atoms with Crippen LogP contribution in [0.3, 0.4) is 0 Å². The maximum Gasteiger partial charge on any atom is 0.410 e. The molecule has 2 fully saturated rings. The van der Waals surface area contributed by atoms with Gasteiger partial charge in [-0.2, -0.15) is 0 Å². The minimum atomic E-state index is -1.65. The SMILES string of the molecule is CC[C@H]1OC(=O)[C@H](C)[C@@H](OC(=O)N(CC)CC)[C@H](C)[C@@H](O[C@H]2C[C@@H](N(C)C)C[C@@H](C)O2)[C@](C)(OC(=O)NC/C=C/c2ccc(-c3ncccn3)cc2)C[C@@H](C)C(=O)[C@H](C)[C@@H](N)[C@]1(C)OC=O. The number of nitrogens with zero attached hydrogens (tertiary/aromatic N) is 4. The number of nitrogens with two attached hydrogens (primary N) is 1. The van der Waals surface area contributed by atoms with Gasteiger partial charge in [0.1, 0.15) is 29.7 Å². The van der Waals surface area contributed by atoms with Crippen LogP contribution in [0, 0.1) is 23.7 Å². The molecule has 0 aliphatic carbocycles. The van der Waals surface area contributed by atoms with Gasteiger partial charge in [-0.25, -0.2) is 19.6 Å². The summed E-state index contributed by atoms with van der Waals surface area (Å²) in [7, 11) is 3.96. The van der Waals surface area contributed by atoms with Gasteiger partial charge in [-0.15, -0.1) is 0 Å². The fraction of sp³-hybridized carbons (Fsp3) is 0.653. The van der Waals surface area contributed by atoms with Gasteiger partial charge in [0.25, 0.3) is 6.47 Å². The Morgan fingerprint density at radius 2 is 1.62 bits per heavy atom. The Bertz CT molecular complexity index is 1930. The van der Waals surface area contributed by atoms with Crippen molar-refractivity contribution in [3.63, 3.8) is 0 Å². The number of rotatable bonds is 14. The second kappa shape index (κ2) is 24.2. The second-order valence-electron chi connectivity index (χ2n) is 18.4. The molecular weight excluding hydrogens is 849 g/mol. The van der Waals surface area contributed by atoms with Gasteiger partial charge in [-0.3, -0.25) is 14.4 Å². The summed E-state index contributed by atoms with van der Waals surface area (Å²) in [4.78, 5) is 81.3. The number of carbonyl (C=O) groups excluding carboxylic acids is 5. The molecule has 2 amide bonds. The van der Waals surface area contributed by atoms with Crippen LogP contribution < -0.4 is 11.1 Å². The highest BCUT2D eigenvalue weighted by molar-refractivity contribution is 5.84. The number of alkyl carbamates (subject to hydrolysis) is 1. The minimum absolute atomic E-state index is 0.0691. The highest BCUT2D eigenvalue weighted by Gasteiger charge is 2.54. The van der Waals surface area contributed by atoms with Crippen LogP contribution in [0.25, 0.3) is 17.5 Å². The zero-order valence-electron chi connectivity index (χ0n) is 40.9. The van der Waals surface area contributed by atoms with E-state index in [0.29, 0.717) is 25.3 Å². The number of cyclic esters (lactones) is 1. The molecule has 2 aliphatic heterocycles. The normalized spacial score (nSPS) is 32.5. The number of Topliss-reactive ketones (excluding diaryl/α,β-unsaturated/α-hetero) is 1. The van der Waals surface area contributed by atoms with Crippen LogP contribution in [0.4, 0.5) is 9.59 Å². The number of ether oxygens (including phenoxy) is 6. The summed E-state index contributed by atoms with van der Waals surface area (Å²) in [6.45, 7) is 18.2. The molecule has 2 saturated heterocycles. The first-order chi connectivity index (χ1) is 31.2. The van der Waals surface area contributed by atoms with Gasteiger partial charge >= 0.3 is 18.2 Å².